The molecule has 1 saturated heterocycles. The van der Waals surface area contributed by atoms with Gasteiger partial charge in [0.25, 0.3) is 0 Å². The molecule has 1 unspecified atom stereocenters. The van der Waals surface area contributed by atoms with Crippen molar-refractivity contribution in [1.82, 2.24) is 0 Å². The Hall–Kier alpha value is -0.990. The molecule has 1 fully saturated rings. The van der Waals surface area contributed by atoms with Gasteiger partial charge in [0.2, 0.25) is 0 Å². The van der Waals surface area contributed by atoms with Gasteiger partial charge in [-0.2, -0.15) is 0 Å². The maximum Gasteiger partial charge on any atom is 0.513 e. The van der Waals surface area contributed by atoms with Gasteiger partial charge >= 0.3 is 6.16 Å². The van der Waals surface area contributed by atoms with Crippen LogP contribution in [-0.2, 0) is 9.47 Å². The second kappa shape index (κ2) is 5.68. The molecule has 1 atom stereocenters. The Morgan fingerprint density at radius 2 is 2.21 bits per heavy atom. The molecule has 80 valence electrons. The van der Waals surface area contributed by atoms with E-state index in [1.165, 1.54) is 19.3 Å². The Labute approximate surface area is 85.1 Å². The van der Waals surface area contributed by atoms with E-state index in [1.807, 2.05) is 0 Å². The van der Waals surface area contributed by atoms with Gasteiger partial charge in [0, 0.05) is 6.42 Å². The first-order chi connectivity index (χ1) is 6.72. The Kier molecular flexibility index (Phi) is 4.50. The molecule has 14 heavy (non-hydrogen) atoms. The number of hydrogen-bond acceptors (Lipinski definition) is 3. The van der Waals surface area contributed by atoms with Crippen LogP contribution in [0, 0.1) is 0 Å². The van der Waals surface area contributed by atoms with Gasteiger partial charge in [-0.1, -0.05) is 32.8 Å². The minimum absolute atomic E-state index is 0.0133. The number of hydrogen-bond donors (Lipinski definition) is 0. The molecule has 3 nitrogen and oxygen atoms in total. The molecule has 0 aromatic rings. The normalized spacial score (nSPS) is 21.6. The topological polar surface area (TPSA) is 35.5 Å². The van der Waals surface area contributed by atoms with E-state index in [4.69, 9.17) is 4.74 Å². The summed E-state index contributed by atoms with van der Waals surface area (Å²) < 4.78 is 9.70. The lowest BCUT2D eigenvalue weighted by atomic mass is 10.1. The van der Waals surface area contributed by atoms with Crippen molar-refractivity contribution >= 4 is 6.16 Å². The second-order valence-electron chi connectivity index (χ2n) is 3.68. The summed E-state index contributed by atoms with van der Waals surface area (Å²) in [7, 11) is 0. The first-order valence-electron chi connectivity index (χ1n) is 5.28. The van der Waals surface area contributed by atoms with E-state index in [9.17, 15) is 4.79 Å². The van der Waals surface area contributed by atoms with Crippen molar-refractivity contribution in [2.45, 2.75) is 51.6 Å². The minimum Gasteiger partial charge on any atom is -0.430 e. The van der Waals surface area contributed by atoms with Crippen LogP contribution in [-0.4, -0.2) is 12.3 Å². The largest absolute Gasteiger partial charge is 0.513 e. The molecule has 0 aliphatic carbocycles. The third-order valence-electron chi connectivity index (χ3n) is 2.33. The summed E-state index contributed by atoms with van der Waals surface area (Å²) in [6.45, 7) is 5.81. The zero-order valence-electron chi connectivity index (χ0n) is 8.75. The number of carbonyl (C=O) groups is 1. The van der Waals surface area contributed by atoms with E-state index in [-0.39, 0.29) is 6.10 Å². The molecule has 0 radical (unpaired) electrons. The fourth-order valence-electron chi connectivity index (χ4n) is 1.58. The molecule has 1 aliphatic heterocycles. The summed E-state index contributed by atoms with van der Waals surface area (Å²) in [4.78, 5) is 10.9. The van der Waals surface area contributed by atoms with Crippen LogP contribution >= 0.6 is 0 Å². The van der Waals surface area contributed by atoms with E-state index in [1.54, 1.807) is 0 Å². The van der Waals surface area contributed by atoms with Crippen LogP contribution in [0.4, 0.5) is 4.79 Å². The molecule has 3 heteroatoms. The molecule has 0 N–H and O–H groups in total. The first kappa shape index (κ1) is 11.1. The monoisotopic (exact) mass is 198 g/mol. The summed E-state index contributed by atoms with van der Waals surface area (Å²) in [6, 6.07) is 0. The average Bonchev–Trinajstić information content (AvgIpc) is 2.11. The number of rotatable bonds is 5. The summed E-state index contributed by atoms with van der Waals surface area (Å²) in [5.41, 5.74) is 0. The van der Waals surface area contributed by atoms with E-state index in [0.717, 1.165) is 12.8 Å². The Morgan fingerprint density at radius 3 is 2.86 bits per heavy atom. The van der Waals surface area contributed by atoms with Crippen LogP contribution in [0.2, 0.25) is 0 Å². The highest BCUT2D eigenvalue weighted by molar-refractivity contribution is 5.62. The standard InChI is InChI=1S/C11H18O3/c1-3-4-5-6-7-10-8-9(2)13-11(12)14-10/h10H,2-8H2,1H3. The molecule has 0 bridgehead atoms. The lowest BCUT2D eigenvalue weighted by Crippen LogP contribution is -2.25. The van der Waals surface area contributed by atoms with Gasteiger partial charge in [0.05, 0.1) is 0 Å². The van der Waals surface area contributed by atoms with Gasteiger partial charge in [-0.15, -0.1) is 0 Å². The summed E-state index contributed by atoms with van der Waals surface area (Å²) in [5.74, 6) is 0.529. The fourth-order valence-corrected chi connectivity index (χ4v) is 1.58. The highest BCUT2D eigenvalue weighted by atomic mass is 16.7. The van der Waals surface area contributed by atoms with Crippen molar-refractivity contribution in [2.24, 2.45) is 0 Å². The van der Waals surface area contributed by atoms with Gasteiger partial charge in [0.1, 0.15) is 11.9 Å². The van der Waals surface area contributed by atoms with Gasteiger partial charge < -0.3 is 9.47 Å². The number of carbonyl (C=O) groups excluding carboxylic acids is 1. The maximum atomic E-state index is 10.9. The number of cyclic esters (lactones) is 2. The average molecular weight is 198 g/mol. The van der Waals surface area contributed by atoms with Crippen molar-refractivity contribution in [3.63, 3.8) is 0 Å². The zero-order chi connectivity index (χ0) is 10.4. The number of ether oxygens (including phenoxy) is 2. The van der Waals surface area contributed by atoms with Crippen molar-refractivity contribution < 1.29 is 14.3 Å². The molecule has 1 rings (SSSR count). The third-order valence-corrected chi connectivity index (χ3v) is 2.33. The molecule has 1 aliphatic rings. The summed E-state index contributed by atoms with van der Waals surface area (Å²) >= 11 is 0. The molecule has 0 saturated carbocycles. The maximum absolute atomic E-state index is 10.9. The van der Waals surface area contributed by atoms with Crippen molar-refractivity contribution in [3.8, 4) is 0 Å². The molecule has 0 spiro atoms. The first-order valence-corrected chi connectivity index (χ1v) is 5.28. The molecule has 0 amide bonds. The van der Waals surface area contributed by atoms with Crippen molar-refractivity contribution in [2.75, 3.05) is 0 Å². The van der Waals surface area contributed by atoms with Crippen molar-refractivity contribution in [1.29, 1.82) is 0 Å². The minimum atomic E-state index is -0.596. The van der Waals surface area contributed by atoms with Crippen LogP contribution in [0.1, 0.15) is 45.4 Å². The fraction of sp³-hybridized carbons (Fsp3) is 0.727. The lowest BCUT2D eigenvalue weighted by Gasteiger charge is -2.23. The smallest absolute Gasteiger partial charge is 0.430 e. The quantitative estimate of drug-likeness (QED) is 0.501. The Morgan fingerprint density at radius 1 is 1.43 bits per heavy atom. The molecule has 1 heterocycles. The molecule has 0 aromatic heterocycles. The molecular formula is C11H18O3. The molecular weight excluding hydrogens is 180 g/mol. The predicted molar refractivity (Wildman–Crippen MR) is 53.9 cm³/mol. The van der Waals surface area contributed by atoms with Gasteiger partial charge in [-0.05, 0) is 12.8 Å². The second-order valence-corrected chi connectivity index (χ2v) is 3.68. The van der Waals surface area contributed by atoms with Gasteiger partial charge in [-0.25, -0.2) is 4.79 Å². The zero-order valence-corrected chi connectivity index (χ0v) is 8.75. The predicted octanol–water partition coefficient (Wildman–Crippen LogP) is 3.40. The van der Waals surface area contributed by atoms with Crippen LogP contribution in [0.3, 0.4) is 0 Å². The Bertz CT molecular complexity index is 195. The van der Waals surface area contributed by atoms with Crippen LogP contribution < -0.4 is 0 Å². The summed E-state index contributed by atoms with van der Waals surface area (Å²) in [6.07, 6.45) is 5.75. The van der Waals surface area contributed by atoms with E-state index in [2.05, 4.69) is 18.2 Å². The molecule has 0 aromatic carbocycles. The third kappa shape index (κ3) is 3.81. The van der Waals surface area contributed by atoms with Crippen LogP contribution in [0.15, 0.2) is 12.3 Å². The van der Waals surface area contributed by atoms with Crippen molar-refractivity contribution in [3.05, 3.63) is 12.3 Å². The highest BCUT2D eigenvalue weighted by Gasteiger charge is 2.23. The summed E-state index contributed by atoms with van der Waals surface area (Å²) in [5, 5.41) is 0. The van der Waals surface area contributed by atoms with E-state index < -0.39 is 6.16 Å². The SMILES string of the molecule is C=C1CC(CCCCCC)OC(=O)O1. The highest BCUT2D eigenvalue weighted by Crippen LogP contribution is 2.21. The van der Waals surface area contributed by atoms with Crippen LogP contribution in [0.25, 0.3) is 0 Å². The van der Waals surface area contributed by atoms with Crippen LogP contribution in [0.5, 0.6) is 0 Å². The van der Waals surface area contributed by atoms with E-state index in [0.29, 0.717) is 12.2 Å². The number of unbranched alkanes of at least 4 members (excludes halogenated alkanes) is 3. The van der Waals surface area contributed by atoms with Gasteiger partial charge in [0.15, 0.2) is 0 Å². The van der Waals surface area contributed by atoms with Gasteiger partial charge in [-0.3, -0.25) is 0 Å². The Balaban J connectivity index is 2.17. The lowest BCUT2D eigenvalue weighted by molar-refractivity contribution is 0.00221. The van der Waals surface area contributed by atoms with E-state index >= 15 is 0 Å².